The molecule has 2 saturated heterocycles. The second kappa shape index (κ2) is 9.12. The Kier molecular flexibility index (Phi) is 6.36. The van der Waals surface area contributed by atoms with Crippen LogP contribution in [0.3, 0.4) is 0 Å². The van der Waals surface area contributed by atoms with E-state index in [-0.39, 0.29) is 12.0 Å². The highest BCUT2D eigenvalue weighted by atomic mass is 16.5. The lowest BCUT2D eigenvalue weighted by Gasteiger charge is -2.33. The van der Waals surface area contributed by atoms with Crippen molar-refractivity contribution >= 4 is 5.91 Å². The molecule has 0 bridgehead atoms. The molecule has 1 aromatic rings. The topological polar surface area (TPSA) is 72.7 Å². The number of rotatable bonds is 8. The van der Waals surface area contributed by atoms with Crippen LogP contribution in [0.25, 0.3) is 0 Å². The van der Waals surface area contributed by atoms with Crippen LogP contribution in [-0.2, 0) is 16.0 Å². The number of amides is 1. The molecule has 3 heterocycles. The van der Waals surface area contributed by atoms with E-state index in [1.807, 2.05) is 4.90 Å². The zero-order valence-electron chi connectivity index (χ0n) is 16.1. The molecule has 8 heteroatoms. The largest absolute Gasteiger partial charge is 0.379 e. The molecule has 3 fully saturated rings. The zero-order valence-corrected chi connectivity index (χ0v) is 16.1. The summed E-state index contributed by atoms with van der Waals surface area (Å²) < 4.78 is 12.9. The molecular weight excluding hydrogens is 346 g/mol. The van der Waals surface area contributed by atoms with Crippen molar-refractivity contribution in [1.82, 2.24) is 24.8 Å². The van der Waals surface area contributed by atoms with Gasteiger partial charge < -0.3 is 14.4 Å². The molecule has 4 rings (SSSR count). The van der Waals surface area contributed by atoms with Crippen molar-refractivity contribution in [1.29, 1.82) is 0 Å². The molecule has 1 atom stereocenters. The maximum absolute atomic E-state index is 13.1. The highest BCUT2D eigenvalue weighted by molar-refractivity contribution is 5.92. The van der Waals surface area contributed by atoms with Gasteiger partial charge in [-0.3, -0.25) is 14.4 Å². The molecule has 8 nitrogen and oxygen atoms in total. The molecule has 0 aromatic carbocycles. The molecule has 1 aromatic heterocycles. The van der Waals surface area contributed by atoms with E-state index in [0.717, 1.165) is 65.4 Å². The smallest absolute Gasteiger partial charge is 0.276 e. The van der Waals surface area contributed by atoms with E-state index in [0.29, 0.717) is 18.2 Å². The molecule has 0 unspecified atom stereocenters. The summed E-state index contributed by atoms with van der Waals surface area (Å²) in [6.45, 7) is 7.45. The van der Waals surface area contributed by atoms with Gasteiger partial charge in [0.05, 0.1) is 32.1 Å². The average molecular weight is 377 g/mol. The molecule has 3 aliphatic rings. The third-order valence-electron chi connectivity index (χ3n) is 5.95. The van der Waals surface area contributed by atoms with Crippen LogP contribution in [0.4, 0.5) is 0 Å². The molecule has 1 aliphatic carbocycles. The van der Waals surface area contributed by atoms with Crippen molar-refractivity contribution in [3.8, 4) is 0 Å². The Morgan fingerprint density at radius 3 is 2.67 bits per heavy atom. The lowest BCUT2D eigenvalue weighted by atomic mass is 9.85. The molecule has 0 spiro atoms. The normalized spacial score (nSPS) is 24.1. The second-order valence-corrected chi connectivity index (χ2v) is 7.96. The monoisotopic (exact) mass is 377 g/mol. The SMILES string of the molecule is O=C(c1cn(CCN2CCOCC2)nn1)N(CC1CCC1)C[C@H]1CCCO1. The summed E-state index contributed by atoms with van der Waals surface area (Å²) in [6.07, 6.45) is 7.83. The van der Waals surface area contributed by atoms with E-state index in [2.05, 4.69) is 15.2 Å². The van der Waals surface area contributed by atoms with Crippen LogP contribution in [-0.4, -0.2) is 89.3 Å². The molecule has 0 N–H and O–H groups in total. The number of hydrogen-bond donors (Lipinski definition) is 0. The molecule has 1 amide bonds. The Bertz CT molecular complexity index is 606. The summed E-state index contributed by atoms with van der Waals surface area (Å²) in [7, 11) is 0. The van der Waals surface area contributed by atoms with Crippen LogP contribution in [0.2, 0.25) is 0 Å². The van der Waals surface area contributed by atoms with Gasteiger partial charge in [0.2, 0.25) is 0 Å². The first-order chi connectivity index (χ1) is 13.3. The zero-order chi connectivity index (χ0) is 18.5. The summed E-state index contributed by atoms with van der Waals surface area (Å²) in [5, 5.41) is 8.34. The molecular formula is C19H31N5O3. The van der Waals surface area contributed by atoms with Crippen LogP contribution < -0.4 is 0 Å². The van der Waals surface area contributed by atoms with Gasteiger partial charge in [-0.05, 0) is 31.6 Å². The first-order valence-corrected chi connectivity index (χ1v) is 10.4. The van der Waals surface area contributed by atoms with Crippen LogP contribution in [0, 0.1) is 5.92 Å². The van der Waals surface area contributed by atoms with E-state index in [4.69, 9.17) is 9.47 Å². The first-order valence-electron chi connectivity index (χ1n) is 10.4. The fourth-order valence-corrected chi connectivity index (χ4v) is 4.00. The molecule has 27 heavy (non-hydrogen) atoms. The van der Waals surface area contributed by atoms with Crippen molar-refractivity contribution in [3.05, 3.63) is 11.9 Å². The number of morpholine rings is 1. The Morgan fingerprint density at radius 2 is 1.96 bits per heavy atom. The van der Waals surface area contributed by atoms with Gasteiger partial charge in [-0.1, -0.05) is 11.6 Å². The Morgan fingerprint density at radius 1 is 1.11 bits per heavy atom. The average Bonchev–Trinajstić information content (AvgIpc) is 3.34. The van der Waals surface area contributed by atoms with Crippen LogP contribution >= 0.6 is 0 Å². The van der Waals surface area contributed by atoms with E-state index in [1.54, 1.807) is 10.9 Å². The van der Waals surface area contributed by atoms with Crippen molar-refractivity contribution < 1.29 is 14.3 Å². The lowest BCUT2D eigenvalue weighted by Crippen LogP contribution is -2.42. The second-order valence-electron chi connectivity index (χ2n) is 7.96. The Hall–Kier alpha value is -1.51. The third-order valence-corrected chi connectivity index (χ3v) is 5.95. The first kappa shape index (κ1) is 18.8. The minimum Gasteiger partial charge on any atom is -0.379 e. The highest BCUT2D eigenvalue weighted by Crippen LogP contribution is 2.28. The summed E-state index contributed by atoms with van der Waals surface area (Å²) >= 11 is 0. The Labute approximate surface area is 160 Å². The van der Waals surface area contributed by atoms with E-state index >= 15 is 0 Å². The van der Waals surface area contributed by atoms with Crippen molar-refractivity contribution in [2.24, 2.45) is 5.92 Å². The predicted molar refractivity (Wildman–Crippen MR) is 99.5 cm³/mol. The van der Waals surface area contributed by atoms with E-state index in [9.17, 15) is 4.79 Å². The van der Waals surface area contributed by atoms with Crippen molar-refractivity contribution in [2.45, 2.75) is 44.8 Å². The number of hydrogen-bond acceptors (Lipinski definition) is 6. The number of ether oxygens (including phenoxy) is 2. The van der Waals surface area contributed by atoms with Crippen LogP contribution in [0.5, 0.6) is 0 Å². The number of carbonyl (C=O) groups is 1. The molecule has 2 aliphatic heterocycles. The van der Waals surface area contributed by atoms with Gasteiger partial charge in [-0.15, -0.1) is 5.10 Å². The minimum absolute atomic E-state index is 0.00461. The fourth-order valence-electron chi connectivity index (χ4n) is 4.00. The highest BCUT2D eigenvalue weighted by Gasteiger charge is 2.29. The predicted octanol–water partition coefficient (Wildman–Crippen LogP) is 1.03. The molecule has 150 valence electrons. The maximum Gasteiger partial charge on any atom is 0.276 e. The lowest BCUT2D eigenvalue weighted by molar-refractivity contribution is 0.0359. The van der Waals surface area contributed by atoms with Gasteiger partial charge >= 0.3 is 0 Å². The van der Waals surface area contributed by atoms with E-state index < -0.39 is 0 Å². The van der Waals surface area contributed by atoms with Gasteiger partial charge in [-0.25, -0.2) is 0 Å². The molecule has 1 saturated carbocycles. The third kappa shape index (κ3) is 5.06. The minimum atomic E-state index is -0.00461. The molecule has 0 radical (unpaired) electrons. The van der Waals surface area contributed by atoms with Gasteiger partial charge in [0, 0.05) is 39.3 Å². The summed E-state index contributed by atoms with van der Waals surface area (Å²) in [5.41, 5.74) is 0.453. The van der Waals surface area contributed by atoms with Gasteiger partial charge in [0.15, 0.2) is 5.69 Å². The quantitative estimate of drug-likeness (QED) is 0.674. The van der Waals surface area contributed by atoms with E-state index in [1.165, 1.54) is 19.3 Å². The summed E-state index contributed by atoms with van der Waals surface area (Å²) in [6, 6.07) is 0. The standard InChI is InChI=1S/C19H31N5O3/c25-19(23(13-16-3-1-4-16)14-17-5-2-10-27-17)18-15-24(21-20-18)7-6-22-8-11-26-12-9-22/h15-17H,1-14H2/t17-/m1/s1. The van der Waals surface area contributed by atoms with Crippen molar-refractivity contribution in [3.63, 3.8) is 0 Å². The Balaban J connectivity index is 1.34. The summed E-state index contributed by atoms with van der Waals surface area (Å²) in [5.74, 6) is 0.627. The van der Waals surface area contributed by atoms with Gasteiger partial charge in [-0.2, -0.15) is 0 Å². The van der Waals surface area contributed by atoms with Gasteiger partial charge in [0.1, 0.15) is 0 Å². The number of carbonyl (C=O) groups excluding carboxylic acids is 1. The number of aromatic nitrogens is 3. The fraction of sp³-hybridized carbons (Fsp3) is 0.842. The van der Waals surface area contributed by atoms with Gasteiger partial charge in [0.25, 0.3) is 5.91 Å². The van der Waals surface area contributed by atoms with Crippen molar-refractivity contribution in [2.75, 3.05) is 52.5 Å². The summed E-state index contributed by atoms with van der Waals surface area (Å²) in [4.78, 5) is 17.4. The maximum atomic E-state index is 13.1. The number of nitrogens with zero attached hydrogens (tertiary/aromatic N) is 5. The van der Waals surface area contributed by atoms with Crippen LogP contribution in [0.1, 0.15) is 42.6 Å². The van der Waals surface area contributed by atoms with Crippen LogP contribution in [0.15, 0.2) is 6.20 Å².